The summed E-state index contributed by atoms with van der Waals surface area (Å²) in [5.41, 5.74) is 0.409. The van der Waals surface area contributed by atoms with E-state index in [2.05, 4.69) is 12.2 Å². The number of carbonyl (C=O) groups excluding carboxylic acids is 3. The fraction of sp³-hybridized carbons (Fsp3) is 0.500. The highest BCUT2D eigenvalue weighted by atomic mass is 16.5. The highest BCUT2D eigenvalue weighted by Gasteiger charge is 2.21. The number of nitrogens with one attached hydrogen (secondary N) is 1. The van der Waals surface area contributed by atoms with Gasteiger partial charge in [0.1, 0.15) is 12.3 Å². The molecular formula is C18H24N2O5. The summed E-state index contributed by atoms with van der Waals surface area (Å²) < 4.78 is 9.97. The van der Waals surface area contributed by atoms with Crippen molar-refractivity contribution in [1.82, 2.24) is 10.2 Å². The molecule has 1 saturated heterocycles. The number of amides is 2. The molecule has 136 valence electrons. The molecule has 0 unspecified atom stereocenters. The first-order valence-electron chi connectivity index (χ1n) is 8.35. The van der Waals surface area contributed by atoms with Gasteiger partial charge in [0.05, 0.1) is 7.11 Å². The molecule has 2 amide bonds. The van der Waals surface area contributed by atoms with Crippen molar-refractivity contribution in [3.63, 3.8) is 0 Å². The summed E-state index contributed by atoms with van der Waals surface area (Å²) in [6.45, 7) is 2.93. The minimum atomic E-state index is -0.639. The van der Waals surface area contributed by atoms with Gasteiger partial charge in [-0.15, -0.1) is 0 Å². The molecule has 1 heterocycles. The molecule has 2 rings (SSSR count). The lowest BCUT2D eigenvalue weighted by atomic mass is 10.0. The summed E-state index contributed by atoms with van der Waals surface area (Å²) in [5.74, 6) is -0.115. The first kappa shape index (κ1) is 18.8. The number of benzene rings is 1. The van der Waals surface area contributed by atoms with Crippen LogP contribution >= 0.6 is 0 Å². The first-order chi connectivity index (χ1) is 12.0. The lowest BCUT2D eigenvalue weighted by Gasteiger charge is -2.30. The van der Waals surface area contributed by atoms with Gasteiger partial charge in [0.15, 0.2) is 6.61 Å². The number of hydrogen-bond acceptors (Lipinski definition) is 5. The molecule has 0 aromatic heterocycles. The second-order valence-corrected chi connectivity index (χ2v) is 6.16. The molecule has 1 fully saturated rings. The first-order valence-corrected chi connectivity index (χ1v) is 8.35. The van der Waals surface area contributed by atoms with Crippen LogP contribution in [0.5, 0.6) is 5.75 Å². The fourth-order valence-corrected chi connectivity index (χ4v) is 2.70. The Kier molecular flexibility index (Phi) is 6.80. The van der Waals surface area contributed by atoms with Crippen LogP contribution in [0.15, 0.2) is 24.3 Å². The molecule has 0 aliphatic carbocycles. The number of hydrogen-bond donors (Lipinski definition) is 1. The summed E-state index contributed by atoms with van der Waals surface area (Å²) in [6, 6.07) is 6.51. The number of likely N-dealkylation sites (tertiary alicyclic amines) is 1. The van der Waals surface area contributed by atoms with Crippen molar-refractivity contribution in [2.45, 2.75) is 19.8 Å². The molecule has 1 aliphatic rings. The third-order valence-electron chi connectivity index (χ3n) is 4.11. The lowest BCUT2D eigenvalue weighted by molar-refractivity contribution is -0.151. The van der Waals surface area contributed by atoms with Gasteiger partial charge in [0.25, 0.3) is 11.8 Å². The Morgan fingerprint density at radius 1 is 1.24 bits per heavy atom. The van der Waals surface area contributed by atoms with E-state index in [4.69, 9.17) is 9.47 Å². The molecule has 1 aromatic carbocycles. The van der Waals surface area contributed by atoms with Crippen molar-refractivity contribution >= 4 is 17.8 Å². The number of methoxy groups -OCH3 is 1. The average Bonchev–Trinajstić information content (AvgIpc) is 2.64. The predicted molar refractivity (Wildman–Crippen MR) is 91.3 cm³/mol. The largest absolute Gasteiger partial charge is 0.497 e. The monoisotopic (exact) mass is 348 g/mol. The Bertz CT molecular complexity index is 614. The predicted octanol–water partition coefficient (Wildman–Crippen LogP) is 1.23. The Hall–Kier alpha value is -2.57. The Balaban J connectivity index is 1.70. The molecule has 25 heavy (non-hydrogen) atoms. The third-order valence-corrected chi connectivity index (χ3v) is 4.11. The maximum absolute atomic E-state index is 12.0. The van der Waals surface area contributed by atoms with E-state index in [1.807, 2.05) is 0 Å². The Morgan fingerprint density at radius 2 is 1.96 bits per heavy atom. The molecule has 7 nitrogen and oxygen atoms in total. The number of piperidine rings is 1. The molecular weight excluding hydrogens is 324 g/mol. The van der Waals surface area contributed by atoms with E-state index in [1.54, 1.807) is 29.2 Å². The molecule has 0 bridgehead atoms. The van der Waals surface area contributed by atoms with E-state index >= 15 is 0 Å². The summed E-state index contributed by atoms with van der Waals surface area (Å²) in [7, 11) is 1.54. The van der Waals surface area contributed by atoms with Gasteiger partial charge in [-0.05, 0) is 43.0 Å². The van der Waals surface area contributed by atoms with Crippen molar-refractivity contribution in [3.05, 3.63) is 29.8 Å². The molecule has 1 atom stereocenters. The fourth-order valence-electron chi connectivity index (χ4n) is 2.70. The number of nitrogens with zero attached hydrogens (tertiary/aromatic N) is 1. The molecule has 0 radical (unpaired) electrons. The molecule has 7 heteroatoms. The molecule has 1 N–H and O–H groups in total. The molecule has 1 aromatic rings. The van der Waals surface area contributed by atoms with Crippen LogP contribution in [-0.4, -0.2) is 56.0 Å². The standard InChI is InChI=1S/C18H24N2O5/c1-13-4-3-9-20(11-13)16(21)12-25-17(22)10-19-18(23)14-5-7-15(24-2)8-6-14/h5-8,13H,3-4,9-12H2,1-2H3,(H,19,23)/t13-/m0/s1. The molecule has 0 saturated carbocycles. The van der Waals surface area contributed by atoms with Crippen molar-refractivity contribution in [2.75, 3.05) is 33.4 Å². The van der Waals surface area contributed by atoms with Crippen LogP contribution in [0.3, 0.4) is 0 Å². The van der Waals surface area contributed by atoms with E-state index in [0.717, 1.165) is 12.8 Å². The maximum atomic E-state index is 12.0. The zero-order valence-electron chi connectivity index (χ0n) is 14.6. The molecule has 1 aliphatic heterocycles. The van der Waals surface area contributed by atoms with Crippen LogP contribution in [0.4, 0.5) is 0 Å². The number of carbonyl (C=O) groups is 3. The SMILES string of the molecule is COc1ccc(C(=O)NCC(=O)OCC(=O)N2CCC[C@H](C)C2)cc1. The van der Waals surface area contributed by atoms with Gasteiger partial charge in [-0.3, -0.25) is 14.4 Å². The summed E-state index contributed by atoms with van der Waals surface area (Å²) >= 11 is 0. The minimum absolute atomic E-state index is 0.193. The van der Waals surface area contributed by atoms with Crippen molar-refractivity contribution in [1.29, 1.82) is 0 Å². The Labute approximate surface area is 147 Å². The minimum Gasteiger partial charge on any atom is -0.497 e. The quantitative estimate of drug-likeness (QED) is 0.782. The van der Waals surface area contributed by atoms with Crippen LogP contribution in [0.25, 0.3) is 0 Å². The highest BCUT2D eigenvalue weighted by Crippen LogP contribution is 2.15. The highest BCUT2D eigenvalue weighted by molar-refractivity contribution is 5.96. The normalized spacial score (nSPS) is 16.9. The van der Waals surface area contributed by atoms with Crippen molar-refractivity contribution in [2.24, 2.45) is 5.92 Å². The number of ether oxygens (including phenoxy) is 2. The van der Waals surface area contributed by atoms with Gasteiger partial charge >= 0.3 is 5.97 Å². The van der Waals surface area contributed by atoms with Crippen molar-refractivity contribution < 1.29 is 23.9 Å². The summed E-state index contributed by atoms with van der Waals surface area (Å²) in [5, 5.41) is 2.47. The van der Waals surface area contributed by atoms with Gasteiger partial charge in [0.2, 0.25) is 0 Å². The number of esters is 1. The van der Waals surface area contributed by atoms with Gasteiger partial charge < -0.3 is 19.7 Å². The third kappa shape index (κ3) is 5.77. The van der Waals surface area contributed by atoms with Gasteiger partial charge in [0, 0.05) is 18.7 Å². The van der Waals surface area contributed by atoms with Gasteiger partial charge in [-0.25, -0.2) is 0 Å². The van der Waals surface area contributed by atoms with Crippen molar-refractivity contribution in [3.8, 4) is 5.75 Å². The lowest BCUT2D eigenvalue weighted by Crippen LogP contribution is -2.42. The zero-order valence-corrected chi connectivity index (χ0v) is 14.6. The van der Waals surface area contributed by atoms with Crippen LogP contribution < -0.4 is 10.1 Å². The van der Waals surface area contributed by atoms with E-state index in [-0.39, 0.29) is 19.1 Å². The van der Waals surface area contributed by atoms with E-state index in [1.165, 1.54) is 7.11 Å². The topological polar surface area (TPSA) is 84.9 Å². The van der Waals surface area contributed by atoms with Crippen LogP contribution in [-0.2, 0) is 14.3 Å². The second kappa shape index (κ2) is 9.05. The van der Waals surface area contributed by atoms with E-state index in [9.17, 15) is 14.4 Å². The maximum Gasteiger partial charge on any atom is 0.325 e. The van der Waals surface area contributed by atoms with Crippen LogP contribution in [0.2, 0.25) is 0 Å². The van der Waals surface area contributed by atoms with Gasteiger partial charge in [-0.1, -0.05) is 6.92 Å². The Morgan fingerprint density at radius 3 is 2.60 bits per heavy atom. The number of rotatable bonds is 6. The summed E-state index contributed by atoms with van der Waals surface area (Å²) in [6.07, 6.45) is 2.08. The van der Waals surface area contributed by atoms with Crippen LogP contribution in [0, 0.1) is 5.92 Å². The summed E-state index contributed by atoms with van der Waals surface area (Å²) in [4.78, 5) is 37.4. The average molecular weight is 348 g/mol. The van der Waals surface area contributed by atoms with E-state index in [0.29, 0.717) is 30.3 Å². The smallest absolute Gasteiger partial charge is 0.325 e. The van der Waals surface area contributed by atoms with Gasteiger partial charge in [-0.2, -0.15) is 0 Å². The zero-order chi connectivity index (χ0) is 18.2. The second-order valence-electron chi connectivity index (χ2n) is 6.16. The van der Waals surface area contributed by atoms with E-state index < -0.39 is 11.9 Å². The molecule has 0 spiro atoms. The van der Waals surface area contributed by atoms with Crippen LogP contribution in [0.1, 0.15) is 30.1 Å².